The molecule has 5 atom stereocenters. The largest absolute Gasteiger partial charge is 0.481 e. The number of aromatic nitrogens is 8. The minimum absolute atomic E-state index is 0.0650. The normalized spacial score (nSPS) is 17.6. The molecule has 1 aliphatic carbocycles. The maximum atomic E-state index is 12.9. The summed E-state index contributed by atoms with van der Waals surface area (Å²) in [6.07, 6.45) is 25.6. The number of carboxylic acid groups (broad SMARTS) is 1. The zero-order chi connectivity index (χ0) is 63.5. The Morgan fingerprint density at radius 3 is 1.99 bits per heavy atom. The van der Waals surface area contributed by atoms with Gasteiger partial charge in [-0.15, -0.1) is 0 Å². The van der Waals surface area contributed by atoms with Crippen molar-refractivity contribution in [2.45, 2.75) is 96.5 Å². The van der Waals surface area contributed by atoms with E-state index in [-0.39, 0.29) is 24.2 Å². The average molecular weight is 1220 g/mol. The number of allylic oxidation sites excluding steroid dienone is 2. The summed E-state index contributed by atoms with van der Waals surface area (Å²) in [6.45, 7) is 9.36. The van der Waals surface area contributed by atoms with E-state index in [0.717, 1.165) is 137 Å². The number of hydrogen-bond donors (Lipinski definition) is 9. The van der Waals surface area contributed by atoms with E-state index in [2.05, 4.69) is 101 Å². The van der Waals surface area contributed by atoms with Crippen LogP contribution in [-0.4, -0.2) is 134 Å². The summed E-state index contributed by atoms with van der Waals surface area (Å²) in [5.41, 5.74) is 15.9. The molecule has 4 aliphatic rings. The standard InChI is InChI=1S/C29H31N7O.C24H17N5.C20H34O5/c1-21-5-10-25(18-27(21)34-29-31-13-11-26(33-29)24-4-3-12-30-19-24)32-28(37)23-8-6-22(7-9-23)20-36-16-14-35(2)15-17-36;1-2-16-12-18-4-6-20(27-18)14-22-8-10-24(29-22)23-9-7-21(28-23)13-19-5-3-17(26-19)11-15(1)25-16;1-2-3-6-9-15(21)12-13-17-16(18(22)14-19(17)23)10-7-4-5-8-11-20(24)25/h3-13,18-19H,14-17,20H2,1-2H3,(H,32,37)(H,31,33,34);1-14,25,28-29H;4,7,12-13,15-19,21-23H,2-3,5-6,8-11,14H2,1H3,(H,24,25)/b;;7-4-,13-12+/t;;15-,16+,17+,18-,19+/m..0/s1. The molecule has 0 spiro atoms. The van der Waals surface area contributed by atoms with Gasteiger partial charge in [0.2, 0.25) is 5.95 Å². The van der Waals surface area contributed by atoms with Crippen molar-refractivity contribution in [1.29, 1.82) is 0 Å². The van der Waals surface area contributed by atoms with Gasteiger partial charge in [-0.1, -0.05) is 68.7 Å². The number of aryl methyl sites for hydroxylation is 1. The lowest BCUT2D eigenvalue weighted by molar-refractivity contribution is -0.137. The van der Waals surface area contributed by atoms with Gasteiger partial charge in [-0.25, -0.2) is 19.9 Å². The number of aliphatic carboxylic acids is 1. The molecular weight excluding hydrogens is 1140 g/mol. The number of H-pyrrole nitrogens is 3. The second-order valence-corrected chi connectivity index (χ2v) is 23.6. The molecule has 8 aromatic rings. The molecule has 6 aromatic heterocycles. The van der Waals surface area contributed by atoms with Gasteiger partial charge in [0.1, 0.15) is 0 Å². The summed E-state index contributed by atoms with van der Waals surface area (Å²) < 4.78 is 0. The molecule has 0 radical (unpaired) electrons. The van der Waals surface area contributed by atoms with Gasteiger partial charge in [-0.05, 0) is 184 Å². The first-order chi connectivity index (χ1) is 44.2. The van der Waals surface area contributed by atoms with Crippen LogP contribution in [-0.2, 0) is 11.3 Å². The molecular formula is C73H82N12O6. The highest BCUT2D eigenvalue weighted by molar-refractivity contribution is 6.04. The summed E-state index contributed by atoms with van der Waals surface area (Å²) in [5, 5.41) is 45.2. The SMILES string of the molecule is C1=Cc2cc3ccc([nH]3)c3ccc(cc4nc(cc5ccc(cc1n2)[nH]5)C=C4)[nH]3.CCCCC[C@H](O)/C=C/[C@@H]1[C@@H](C/C=C\CCCC(=O)O)[C@@H](O)C[C@H]1O.Cc1ccc(NC(=O)c2ccc(CN3CCN(C)CC3)cc2)cc1Nc1nccc(-c2cccnc2)n1. The second kappa shape index (κ2) is 31.8. The van der Waals surface area contributed by atoms with E-state index in [1.165, 1.54) is 5.56 Å². The summed E-state index contributed by atoms with van der Waals surface area (Å²) in [7, 11) is 2.16. The lowest BCUT2D eigenvalue weighted by atomic mass is 9.89. The molecule has 91 heavy (non-hydrogen) atoms. The van der Waals surface area contributed by atoms with Crippen molar-refractivity contribution < 1.29 is 30.0 Å². The number of piperazine rings is 1. The third-order valence-electron chi connectivity index (χ3n) is 16.5. The van der Waals surface area contributed by atoms with Crippen molar-refractivity contribution in [3.8, 4) is 11.3 Å². The predicted octanol–water partition coefficient (Wildman–Crippen LogP) is 13.3. The number of fused-ring (bicyclic) bond motifs is 11. The van der Waals surface area contributed by atoms with Gasteiger partial charge in [0.05, 0.1) is 57.8 Å². The fourth-order valence-electron chi connectivity index (χ4n) is 11.3. The van der Waals surface area contributed by atoms with Crippen LogP contribution in [0, 0.1) is 18.8 Å². The van der Waals surface area contributed by atoms with Gasteiger partial charge in [0.15, 0.2) is 0 Å². The van der Waals surface area contributed by atoms with E-state index in [1.807, 2.05) is 134 Å². The van der Waals surface area contributed by atoms with E-state index >= 15 is 0 Å². The molecule has 18 heteroatoms. The van der Waals surface area contributed by atoms with Crippen LogP contribution in [0.25, 0.3) is 68.7 Å². The Kier molecular flexibility index (Phi) is 22.6. The number of carbonyl (C=O) groups is 2. The molecule has 1 amide bonds. The fourth-order valence-corrected chi connectivity index (χ4v) is 11.3. The van der Waals surface area contributed by atoms with Crippen LogP contribution in [0.2, 0.25) is 0 Å². The number of aromatic amines is 3. The Bertz CT molecular complexity index is 3960. The molecule has 1 saturated carbocycles. The zero-order valence-corrected chi connectivity index (χ0v) is 51.9. The molecule has 470 valence electrons. The van der Waals surface area contributed by atoms with Crippen LogP contribution in [0.5, 0.6) is 0 Å². The third kappa shape index (κ3) is 19.1. The lowest BCUT2D eigenvalue weighted by Gasteiger charge is -2.32. The molecule has 12 rings (SSSR count). The number of aliphatic hydroxyl groups is 3. The number of nitrogens with zero attached hydrogens (tertiary/aromatic N) is 7. The third-order valence-corrected chi connectivity index (χ3v) is 16.5. The number of pyridine rings is 1. The van der Waals surface area contributed by atoms with Gasteiger partial charge in [-0.3, -0.25) is 19.5 Å². The maximum absolute atomic E-state index is 12.9. The molecule has 0 unspecified atom stereocenters. The molecule has 1 saturated heterocycles. The minimum atomic E-state index is -0.787. The smallest absolute Gasteiger partial charge is 0.303 e. The van der Waals surface area contributed by atoms with Crippen molar-refractivity contribution in [2.75, 3.05) is 43.9 Å². The minimum Gasteiger partial charge on any atom is -0.481 e. The number of carboxylic acids is 1. The van der Waals surface area contributed by atoms with Crippen molar-refractivity contribution in [2.24, 2.45) is 11.8 Å². The highest BCUT2D eigenvalue weighted by Gasteiger charge is 2.39. The Morgan fingerprint density at radius 1 is 0.714 bits per heavy atom. The number of hydrogen-bond acceptors (Lipinski definition) is 13. The highest BCUT2D eigenvalue weighted by Crippen LogP contribution is 2.37. The van der Waals surface area contributed by atoms with E-state index in [9.17, 15) is 24.9 Å². The van der Waals surface area contributed by atoms with Crippen LogP contribution >= 0.6 is 0 Å². The molecule has 2 aromatic carbocycles. The Balaban J connectivity index is 0.000000153. The number of aliphatic hydroxyl groups excluding tert-OH is 3. The number of carbonyl (C=O) groups excluding carboxylic acids is 1. The van der Waals surface area contributed by atoms with Gasteiger partial charge < -0.3 is 50.9 Å². The van der Waals surface area contributed by atoms with Crippen molar-refractivity contribution in [3.63, 3.8) is 0 Å². The van der Waals surface area contributed by atoms with Crippen molar-refractivity contribution in [3.05, 3.63) is 204 Å². The van der Waals surface area contributed by atoms with Crippen molar-refractivity contribution >= 4 is 86.6 Å². The van der Waals surface area contributed by atoms with E-state index < -0.39 is 24.3 Å². The molecule has 9 N–H and O–H groups in total. The number of rotatable bonds is 19. The zero-order valence-electron chi connectivity index (χ0n) is 51.9. The lowest BCUT2D eigenvalue weighted by Crippen LogP contribution is -2.43. The number of likely N-dealkylation sites (N-methyl/N-ethyl adjacent to an activating group) is 1. The van der Waals surface area contributed by atoms with E-state index in [0.29, 0.717) is 42.9 Å². The molecule has 9 heterocycles. The Morgan fingerprint density at radius 2 is 1.36 bits per heavy atom. The maximum Gasteiger partial charge on any atom is 0.303 e. The monoisotopic (exact) mass is 1220 g/mol. The first-order valence-corrected chi connectivity index (χ1v) is 31.5. The summed E-state index contributed by atoms with van der Waals surface area (Å²) in [4.78, 5) is 61.0. The number of amides is 1. The number of unbranched alkanes of at least 4 members (excludes halogenated alkanes) is 3. The Labute approximate surface area is 531 Å². The van der Waals surface area contributed by atoms with Gasteiger partial charge in [-0.2, -0.15) is 0 Å². The van der Waals surface area contributed by atoms with Crippen LogP contribution in [0.15, 0.2) is 164 Å². The van der Waals surface area contributed by atoms with E-state index in [4.69, 9.17) is 15.1 Å². The number of benzene rings is 2. The highest BCUT2D eigenvalue weighted by atomic mass is 16.4. The second-order valence-electron chi connectivity index (χ2n) is 23.6. The number of anilines is 3. The summed E-state index contributed by atoms with van der Waals surface area (Å²) in [6, 6.07) is 39.9. The first kappa shape index (κ1) is 64.6. The van der Waals surface area contributed by atoms with Gasteiger partial charge in [0.25, 0.3) is 5.91 Å². The van der Waals surface area contributed by atoms with Crippen LogP contribution in [0.3, 0.4) is 0 Å². The first-order valence-electron chi connectivity index (χ1n) is 31.5. The molecule has 3 aliphatic heterocycles. The van der Waals surface area contributed by atoms with Gasteiger partial charge in [0, 0.05) is 115 Å². The summed E-state index contributed by atoms with van der Waals surface area (Å²) in [5.74, 6) is -0.672. The van der Waals surface area contributed by atoms with Crippen LogP contribution in [0.1, 0.15) is 109 Å². The van der Waals surface area contributed by atoms with Crippen molar-refractivity contribution in [1.82, 2.24) is 49.7 Å². The van der Waals surface area contributed by atoms with E-state index in [1.54, 1.807) is 24.7 Å². The molecule has 18 nitrogen and oxygen atoms in total. The fraction of sp³-hybridized carbons (Fsp3) is 0.301. The Hall–Kier alpha value is -9.43. The number of nitrogens with one attached hydrogen (secondary N) is 5. The molecule has 10 bridgehead atoms. The quantitative estimate of drug-likeness (QED) is 0.0270. The molecule has 2 fully saturated rings. The predicted molar refractivity (Wildman–Crippen MR) is 365 cm³/mol. The average Bonchev–Trinajstić information content (AvgIpc) is 2.19. The van der Waals surface area contributed by atoms with Crippen LogP contribution in [0.4, 0.5) is 17.3 Å². The summed E-state index contributed by atoms with van der Waals surface area (Å²) >= 11 is 0. The topological polar surface area (TPSA) is 257 Å². The van der Waals surface area contributed by atoms with Crippen LogP contribution < -0.4 is 10.6 Å². The van der Waals surface area contributed by atoms with Gasteiger partial charge >= 0.3 is 5.97 Å².